The number of hydrogen-bond acceptors (Lipinski definition) is 6. The quantitative estimate of drug-likeness (QED) is 0.658. The minimum absolute atomic E-state index is 0.314. The average molecular weight is 376 g/mol. The summed E-state index contributed by atoms with van der Waals surface area (Å²) in [6.07, 6.45) is 1.54. The van der Waals surface area contributed by atoms with Crippen LogP contribution in [0.2, 0.25) is 10.0 Å². The molecule has 0 saturated carbocycles. The Bertz CT molecular complexity index is 875. The van der Waals surface area contributed by atoms with Crippen molar-refractivity contribution in [2.45, 2.75) is 6.54 Å². The summed E-state index contributed by atoms with van der Waals surface area (Å²) < 4.78 is 5.33. The van der Waals surface area contributed by atoms with Crippen molar-refractivity contribution in [1.29, 1.82) is 0 Å². The summed E-state index contributed by atoms with van der Waals surface area (Å²) in [6.45, 7) is 0.542. The molecule has 8 heteroatoms. The summed E-state index contributed by atoms with van der Waals surface area (Å²) in [5.41, 5.74) is 1.62. The standard InChI is InChI=1S/C17H15Cl2N5O/c1-25-14-8-3-2-5-11(14)9-20-15-10-21-24-17(23-15)22-13-7-4-6-12(18)16(13)19/h2-8,10H,9H2,1H3,(H2,20,22,23,24). The Hall–Kier alpha value is -2.57. The highest BCUT2D eigenvalue weighted by Gasteiger charge is 2.08. The Morgan fingerprint density at radius 1 is 1.08 bits per heavy atom. The van der Waals surface area contributed by atoms with Gasteiger partial charge in [0.05, 0.1) is 29.0 Å². The highest BCUT2D eigenvalue weighted by atomic mass is 35.5. The van der Waals surface area contributed by atoms with Gasteiger partial charge >= 0.3 is 0 Å². The normalized spacial score (nSPS) is 10.4. The second-order valence-corrected chi connectivity index (χ2v) is 5.84. The smallest absolute Gasteiger partial charge is 0.249 e. The molecule has 6 nitrogen and oxygen atoms in total. The van der Waals surface area contributed by atoms with Crippen molar-refractivity contribution in [2.24, 2.45) is 0 Å². The maximum atomic E-state index is 6.16. The molecule has 0 aliphatic carbocycles. The van der Waals surface area contributed by atoms with Crippen LogP contribution in [0, 0.1) is 0 Å². The zero-order valence-electron chi connectivity index (χ0n) is 13.3. The van der Waals surface area contributed by atoms with Crippen LogP contribution in [-0.4, -0.2) is 22.3 Å². The van der Waals surface area contributed by atoms with Crippen LogP contribution in [0.1, 0.15) is 5.56 Å². The van der Waals surface area contributed by atoms with Crippen molar-refractivity contribution in [3.8, 4) is 5.75 Å². The Morgan fingerprint density at radius 2 is 1.92 bits per heavy atom. The number of ether oxygens (including phenoxy) is 1. The summed E-state index contributed by atoms with van der Waals surface area (Å²) in [5.74, 6) is 1.69. The van der Waals surface area contributed by atoms with Gasteiger partial charge in [-0.1, -0.05) is 47.5 Å². The highest BCUT2D eigenvalue weighted by Crippen LogP contribution is 2.30. The number of para-hydroxylation sites is 1. The van der Waals surface area contributed by atoms with Crippen LogP contribution in [0.5, 0.6) is 5.75 Å². The first kappa shape index (κ1) is 17.3. The van der Waals surface area contributed by atoms with E-state index in [1.807, 2.05) is 24.3 Å². The van der Waals surface area contributed by atoms with E-state index in [9.17, 15) is 0 Å². The van der Waals surface area contributed by atoms with E-state index in [0.29, 0.717) is 34.0 Å². The van der Waals surface area contributed by atoms with Crippen LogP contribution in [0.3, 0.4) is 0 Å². The molecule has 2 N–H and O–H groups in total. The van der Waals surface area contributed by atoms with Crippen molar-refractivity contribution in [2.75, 3.05) is 17.7 Å². The number of benzene rings is 2. The van der Waals surface area contributed by atoms with Gasteiger partial charge in [-0.15, -0.1) is 5.10 Å². The summed E-state index contributed by atoms with van der Waals surface area (Å²) >= 11 is 12.2. The SMILES string of the molecule is COc1ccccc1CNc1cnnc(Nc2cccc(Cl)c2Cl)n1. The van der Waals surface area contributed by atoms with Crippen molar-refractivity contribution in [1.82, 2.24) is 15.2 Å². The molecule has 0 unspecified atom stereocenters. The lowest BCUT2D eigenvalue weighted by Crippen LogP contribution is -2.06. The van der Waals surface area contributed by atoms with Gasteiger partial charge in [0.15, 0.2) is 5.82 Å². The maximum Gasteiger partial charge on any atom is 0.249 e. The summed E-state index contributed by atoms with van der Waals surface area (Å²) in [7, 11) is 1.64. The van der Waals surface area contributed by atoms with Gasteiger partial charge in [0.2, 0.25) is 5.95 Å². The number of hydrogen-bond donors (Lipinski definition) is 2. The van der Waals surface area contributed by atoms with Crippen LogP contribution >= 0.6 is 23.2 Å². The van der Waals surface area contributed by atoms with Gasteiger partial charge in [0, 0.05) is 12.1 Å². The largest absolute Gasteiger partial charge is 0.496 e. The van der Waals surface area contributed by atoms with Gasteiger partial charge in [0.1, 0.15) is 5.75 Å². The fraction of sp³-hybridized carbons (Fsp3) is 0.118. The zero-order chi connectivity index (χ0) is 17.6. The number of anilines is 3. The molecule has 1 aromatic heterocycles. The molecule has 0 aliphatic rings. The van der Waals surface area contributed by atoms with E-state index in [1.54, 1.807) is 31.5 Å². The molecule has 0 radical (unpaired) electrons. The Balaban J connectivity index is 1.72. The third-order valence-electron chi connectivity index (χ3n) is 3.41. The van der Waals surface area contributed by atoms with Crippen molar-refractivity contribution in [3.05, 3.63) is 64.3 Å². The lowest BCUT2D eigenvalue weighted by atomic mass is 10.2. The van der Waals surface area contributed by atoms with E-state index in [1.165, 1.54) is 0 Å². The van der Waals surface area contributed by atoms with Gasteiger partial charge < -0.3 is 15.4 Å². The molecule has 0 aliphatic heterocycles. The first-order valence-corrected chi connectivity index (χ1v) is 8.19. The molecule has 3 aromatic rings. The van der Waals surface area contributed by atoms with Gasteiger partial charge in [-0.25, -0.2) is 0 Å². The Labute approximate surface area is 155 Å². The fourth-order valence-electron chi connectivity index (χ4n) is 2.20. The van der Waals surface area contributed by atoms with E-state index in [4.69, 9.17) is 27.9 Å². The van der Waals surface area contributed by atoms with E-state index >= 15 is 0 Å². The number of rotatable bonds is 6. The molecule has 25 heavy (non-hydrogen) atoms. The second kappa shape index (κ2) is 8.00. The zero-order valence-corrected chi connectivity index (χ0v) is 14.8. The van der Waals surface area contributed by atoms with Gasteiger partial charge in [-0.2, -0.15) is 10.1 Å². The van der Waals surface area contributed by atoms with Gasteiger partial charge in [0.25, 0.3) is 0 Å². The third-order valence-corrected chi connectivity index (χ3v) is 4.23. The predicted molar refractivity (Wildman–Crippen MR) is 99.9 cm³/mol. The Kier molecular flexibility index (Phi) is 5.53. The van der Waals surface area contributed by atoms with Gasteiger partial charge in [-0.05, 0) is 18.2 Å². The highest BCUT2D eigenvalue weighted by molar-refractivity contribution is 6.43. The van der Waals surface area contributed by atoms with E-state index in [-0.39, 0.29) is 0 Å². The summed E-state index contributed by atoms with van der Waals surface area (Å²) in [4.78, 5) is 4.37. The Morgan fingerprint density at radius 3 is 2.76 bits per heavy atom. The number of halogens is 2. The molecule has 3 rings (SSSR count). The third kappa shape index (κ3) is 4.29. The van der Waals surface area contributed by atoms with Crippen molar-refractivity contribution >= 4 is 40.7 Å². The fourth-order valence-corrected chi connectivity index (χ4v) is 2.55. The van der Waals surface area contributed by atoms with Crippen LogP contribution < -0.4 is 15.4 Å². The van der Waals surface area contributed by atoms with Crippen molar-refractivity contribution < 1.29 is 4.74 Å². The monoisotopic (exact) mass is 375 g/mol. The van der Waals surface area contributed by atoms with E-state index in [0.717, 1.165) is 11.3 Å². The summed E-state index contributed by atoms with van der Waals surface area (Å²) in [6, 6.07) is 13.0. The molecule has 0 amide bonds. The minimum Gasteiger partial charge on any atom is -0.496 e. The van der Waals surface area contributed by atoms with E-state index in [2.05, 4.69) is 25.8 Å². The van der Waals surface area contributed by atoms with Crippen LogP contribution in [-0.2, 0) is 6.54 Å². The predicted octanol–water partition coefficient (Wildman–Crippen LogP) is 4.54. The van der Waals surface area contributed by atoms with Crippen LogP contribution in [0.4, 0.5) is 17.5 Å². The lowest BCUT2D eigenvalue weighted by molar-refractivity contribution is 0.410. The maximum absolute atomic E-state index is 6.16. The van der Waals surface area contributed by atoms with Crippen LogP contribution in [0.25, 0.3) is 0 Å². The number of methoxy groups -OCH3 is 1. The lowest BCUT2D eigenvalue weighted by Gasteiger charge is -2.11. The van der Waals surface area contributed by atoms with Crippen molar-refractivity contribution in [3.63, 3.8) is 0 Å². The first-order valence-electron chi connectivity index (χ1n) is 7.44. The molecule has 0 fully saturated rings. The summed E-state index contributed by atoms with van der Waals surface area (Å²) in [5, 5.41) is 15.0. The average Bonchev–Trinajstić information content (AvgIpc) is 2.64. The number of nitrogens with zero attached hydrogens (tertiary/aromatic N) is 3. The molecule has 2 aromatic carbocycles. The topological polar surface area (TPSA) is 72.0 Å². The molecular weight excluding hydrogens is 361 g/mol. The number of nitrogens with one attached hydrogen (secondary N) is 2. The van der Waals surface area contributed by atoms with Gasteiger partial charge in [-0.3, -0.25) is 0 Å². The van der Waals surface area contributed by atoms with E-state index < -0.39 is 0 Å². The van der Waals surface area contributed by atoms with Crippen LogP contribution in [0.15, 0.2) is 48.7 Å². The molecule has 128 valence electrons. The molecule has 0 spiro atoms. The molecule has 1 heterocycles. The molecule has 0 atom stereocenters. The minimum atomic E-state index is 0.314. The first-order chi connectivity index (χ1) is 12.2. The molecular formula is C17H15Cl2N5O. The molecule has 0 saturated heterocycles. The second-order valence-electron chi connectivity index (χ2n) is 5.06. The number of aromatic nitrogens is 3. The molecule has 0 bridgehead atoms.